The standard InChI is InChI=1S/C9H10ClF2N3O4/c10-14-5-1-2-15(8(18)13-5)7-9(11,12)6(17)4(3-16)19-7/h1-2,4,6-7,16-17H,3H2,(H,13,14,18)/t4-,6-,7?/m1/s1. The van der Waals surface area contributed by atoms with E-state index in [1.165, 1.54) is 6.07 Å². The Balaban J connectivity index is 2.39. The minimum Gasteiger partial charge on any atom is -0.394 e. The molecule has 1 aliphatic heterocycles. The molecule has 1 aromatic rings. The van der Waals surface area contributed by atoms with Crippen LogP contribution >= 0.6 is 11.8 Å². The number of aliphatic hydroxyl groups excluding tert-OH is 2. The number of nitrogens with one attached hydrogen (secondary N) is 1. The highest BCUT2D eigenvalue weighted by Gasteiger charge is 2.59. The quantitative estimate of drug-likeness (QED) is 0.663. The van der Waals surface area contributed by atoms with Gasteiger partial charge in [0, 0.05) is 18.0 Å². The van der Waals surface area contributed by atoms with Gasteiger partial charge in [-0.2, -0.15) is 13.8 Å². The zero-order valence-corrected chi connectivity index (χ0v) is 10.1. The average molecular weight is 298 g/mol. The van der Waals surface area contributed by atoms with Crippen LogP contribution in [0.15, 0.2) is 17.1 Å². The van der Waals surface area contributed by atoms with Gasteiger partial charge in [-0.3, -0.25) is 9.40 Å². The summed E-state index contributed by atoms with van der Waals surface area (Å²) in [6.07, 6.45) is -4.72. The molecule has 0 amide bonds. The van der Waals surface area contributed by atoms with Gasteiger partial charge in [-0.1, -0.05) is 0 Å². The van der Waals surface area contributed by atoms with E-state index in [4.69, 9.17) is 21.6 Å². The second-order valence-corrected chi connectivity index (χ2v) is 4.11. The van der Waals surface area contributed by atoms with Crippen molar-refractivity contribution in [1.29, 1.82) is 0 Å². The predicted octanol–water partition coefficient (Wildman–Crippen LogP) is -0.305. The van der Waals surface area contributed by atoms with Crippen LogP contribution in [0.2, 0.25) is 0 Å². The van der Waals surface area contributed by atoms with Gasteiger partial charge in [-0.05, 0) is 6.07 Å². The number of alkyl halides is 2. The fourth-order valence-corrected chi connectivity index (χ4v) is 1.87. The largest absolute Gasteiger partial charge is 0.394 e. The van der Waals surface area contributed by atoms with Crippen LogP contribution in [0.3, 0.4) is 0 Å². The molecular formula is C9H10ClF2N3O4. The Labute approximate surface area is 110 Å². The Morgan fingerprint density at radius 1 is 1.63 bits per heavy atom. The normalized spacial score (nSPS) is 29.4. The Kier molecular flexibility index (Phi) is 3.72. The maximum absolute atomic E-state index is 13.8. The second kappa shape index (κ2) is 5.00. The summed E-state index contributed by atoms with van der Waals surface area (Å²) >= 11 is 5.22. The molecule has 1 fully saturated rings. The fourth-order valence-electron chi connectivity index (χ4n) is 1.76. The number of hydrogen-bond acceptors (Lipinski definition) is 6. The second-order valence-electron chi connectivity index (χ2n) is 3.93. The lowest BCUT2D eigenvalue weighted by Gasteiger charge is -2.20. The number of aromatic nitrogens is 2. The van der Waals surface area contributed by atoms with Gasteiger partial charge in [0.2, 0.25) is 6.23 Å². The van der Waals surface area contributed by atoms with Crippen molar-refractivity contribution in [2.24, 2.45) is 0 Å². The molecule has 0 radical (unpaired) electrons. The summed E-state index contributed by atoms with van der Waals surface area (Å²) in [5.74, 6) is -3.74. The molecule has 3 atom stereocenters. The van der Waals surface area contributed by atoms with Gasteiger partial charge < -0.3 is 14.9 Å². The SMILES string of the molecule is O=c1nc(NCl)ccn1C1O[C@H](CO)[C@@H](O)C1(F)F. The van der Waals surface area contributed by atoms with Crippen LogP contribution in [0, 0.1) is 0 Å². The molecule has 7 nitrogen and oxygen atoms in total. The summed E-state index contributed by atoms with van der Waals surface area (Å²) in [6, 6.07) is 1.19. The van der Waals surface area contributed by atoms with Crippen LogP contribution < -0.4 is 10.5 Å². The van der Waals surface area contributed by atoms with Gasteiger partial charge in [-0.15, -0.1) is 0 Å². The first-order valence-electron chi connectivity index (χ1n) is 5.20. The summed E-state index contributed by atoms with van der Waals surface area (Å²) in [4.78, 5) is 17.0. The van der Waals surface area contributed by atoms with Crippen LogP contribution in [-0.2, 0) is 4.74 Å². The van der Waals surface area contributed by atoms with Gasteiger partial charge in [0.15, 0.2) is 6.10 Å². The maximum Gasteiger partial charge on any atom is 0.351 e. The van der Waals surface area contributed by atoms with Crippen LogP contribution in [-0.4, -0.2) is 44.5 Å². The molecule has 0 aromatic carbocycles. The van der Waals surface area contributed by atoms with Gasteiger partial charge in [0.25, 0.3) is 0 Å². The zero-order chi connectivity index (χ0) is 14.2. The first-order valence-corrected chi connectivity index (χ1v) is 5.57. The first-order chi connectivity index (χ1) is 8.91. The molecule has 1 aromatic heterocycles. The summed E-state index contributed by atoms with van der Waals surface area (Å²) < 4.78 is 32.9. The summed E-state index contributed by atoms with van der Waals surface area (Å²) in [5, 5.41) is 18.2. The van der Waals surface area contributed by atoms with Crippen molar-refractivity contribution >= 4 is 17.6 Å². The molecule has 2 heterocycles. The molecule has 0 aliphatic carbocycles. The number of nitrogens with zero attached hydrogens (tertiary/aromatic N) is 2. The van der Waals surface area contributed by atoms with Crippen molar-refractivity contribution in [2.75, 3.05) is 11.4 Å². The summed E-state index contributed by atoms with van der Waals surface area (Å²) in [7, 11) is 0. The number of anilines is 1. The van der Waals surface area contributed by atoms with Crippen molar-refractivity contribution in [1.82, 2.24) is 9.55 Å². The average Bonchev–Trinajstić information content (AvgIpc) is 2.61. The molecule has 1 aliphatic rings. The molecule has 1 unspecified atom stereocenters. The van der Waals surface area contributed by atoms with Gasteiger partial charge in [0.1, 0.15) is 11.9 Å². The zero-order valence-electron chi connectivity index (χ0n) is 9.33. The molecular weight excluding hydrogens is 288 g/mol. The lowest BCUT2D eigenvalue weighted by atomic mass is 10.1. The summed E-state index contributed by atoms with van der Waals surface area (Å²) in [6.45, 7) is -0.795. The van der Waals surface area contributed by atoms with Crippen LogP contribution in [0.5, 0.6) is 0 Å². The monoisotopic (exact) mass is 297 g/mol. The van der Waals surface area contributed by atoms with Crippen LogP contribution in [0.25, 0.3) is 0 Å². The van der Waals surface area contributed by atoms with E-state index < -0.39 is 36.7 Å². The molecule has 19 heavy (non-hydrogen) atoms. The third-order valence-electron chi connectivity index (χ3n) is 2.74. The first kappa shape index (κ1) is 14.1. The number of hydrogen-bond donors (Lipinski definition) is 3. The third kappa shape index (κ3) is 2.29. The lowest BCUT2D eigenvalue weighted by Crippen LogP contribution is -2.41. The molecule has 0 saturated carbocycles. The highest BCUT2D eigenvalue weighted by Crippen LogP contribution is 2.41. The minimum atomic E-state index is -3.73. The molecule has 1 saturated heterocycles. The Hall–Kier alpha value is -1.29. The fraction of sp³-hybridized carbons (Fsp3) is 0.556. The molecule has 106 valence electrons. The Morgan fingerprint density at radius 3 is 2.79 bits per heavy atom. The minimum absolute atomic E-state index is 0.0107. The summed E-state index contributed by atoms with van der Waals surface area (Å²) in [5.41, 5.74) is -1.03. The van der Waals surface area contributed by atoms with Crippen molar-refractivity contribution in [3.8, 4) is 0 Å². The molecule has 0 spiro atoms. The van der Waals surface area contributed by atoms with E-state index in [9.17, 15) is 18.7 Å². The van der Waals surface area contributed by atoms with E-state index in [0.29, 0.717) is 4.57 Å². The Bertz CT molecular complexity index is 526. The smallest absolute Gasteiger partial charge is 0.351 e. The van der Waals surface area contributed by atoms with Crippen molar-refractivity contribution < 1.29 is 23.7 Å². The number of aliphatic hydroxyl groups is 2. The maximum atomic E-state index is 13.8. The van der Waals surface area contributed by atoms with Gasteiger partial charge >= 0.3 is 11.6 Å². The highest BCUT2D eigenvalue weighted by atomic mass is 35.5. The van der Waals surface area contributed by atoms with E-state index in [2.05, 4.69) is 9.82 Å². The molecule has 2 rings (SSSR count). The van der Waals surface area contributed by atoms with E-state index >= 15 is 0 Å². The number of halogens is 3. The van der Waals surface area contributed by atoms with Crippen LogP contribution in [0.4, 0.5) is 14.6 Å². The molecule has 10 heteroatoms. The van der Waals surface area contributed by atoms with E-state index in [1.807, 2.05) is 0 Å². The molecule has 3 N–H and O–H groups in total. The topological polar surface area (TPSA) is 96.6 Å². The van der Waals surface area contributed by atoms with E-state index in [-0.39, 0.29) is 5.82 Å². The van der Waals surface area contributed by atoms with Gasteiger partial charge in [-0.25, -0.2) is 4.79 Å². The van der Waals surface area contributed by atoms with Crippen LogP contribution in [0.1, 0.15) is 6.23 Å². The van der Waals surface area contributed by atoms with Gasteiger partial charge in [0.05, 0.1) is 6.61 Å². The van der Waals surface area contributed by atoms with E-state index in [0.717, 1.165) is 6.20 Å². The number of ether oxygens (including phenoxy) is 1. The lowest BCUT2D eigenvalue weighted by molar-refractivity contribution is -0.140. The van der Waals surface area contributed by atoms with Crippen molar-refractivity contribution in [3.05, 3.63) is 22.7 Å². The van der Waals surface area contributed by atoms with Crippen molar-refractivity contribution in [2.45, 2.75) is 24.4 Å². The third-order valence-corrected chi connectivity index (χ3v) is 2.93. The van der Waals surface area contributed by atoms with Crippen molar-refractivity contribution in [3.63, 3.8) is 0 Å². The Morgan fingerprint density at radius 2 is 2.32 bits per heavy atom. The van der Waals surface area contributed by atoms with E-state index in [1.54, 1.807) is 0 Å². The molecule has 0 bridgehead atoms. The number of rotatable bonds is 3. The predicted molar refractivity (Wildman–Crippen MR) is 59.9 cm³/mol. The highest BCUT2D eigenvalue weighted by molar-refractivity contribution is 6.23.